The van der Waals surface area contributed by atoms with Crippen molar-refractivity contribution in [3.63, 3.8) is 0 Å². The summed E-state index contributed by atoms with van der Waals surface area (Å²) in [5.74, 6) is 0.734. The molecule has 28 heavy (non-hydrogen) atoms. The largest absolute Gasteiger partial charge is 0.497 e. The molecule has 0 aliphatic carbocycles. The lowest BCUT2D eigenvalue weighted by molar-refractivity contribution is -0.00876. The summed E-state index contributed by atoms with van der Waals surface area (Å²) in [5.41, 5.74) is 0.243. The standard InChI is InChI=1S/C21H28N2O4S/c1-6-7-17(18(24)19-22-12-13-28-19)23(20(25)27-21(2,3)4)14-15-8-10-16(26-5)11-9-15/h6,8-13,17-18,24H,1,7,14H2,2-5H3/t17-,18+/m1/s1. The summed E-state index contributed by atoms with van der Waals surface area (Å²) in [4.78, 5) is 18.7. The van der Waals surface area contributed by atoms with Gasteiger partial charge in [-0.05, 0) is 44.9 Å². The summed E-state index contributed by atoms with van der Waals surface area (Å²) in [6.45, 7) is 9.51. The molecular weight excluding hydrogens is 376 g/mol. The number of thiazole rings is 1. The molecule has 1 N–H and O–H groups in total. The van der Waals surface area contributed by atoms with Gasteiger partial charge in [0.1, 0.15) is 22.5 Å². The minimum absolute atomic E-state index is 0.278. The van der Waals surface area contributed by atoms with Crippen molar-refractivity contribution in [3.05, 3.63) is 59.1 Å². The highest BCUT2D eigenvalue weighted by atomic mass is 32.1. The van der Waals surface area contributed by atoms with Crippen molar-refractivity contribution in [2.45, 2.75) is 51.5 Å². The Labute approximate surface area is 170 Å². The van der Waals surface area contributed by atoms with Gasteiger partial charge in [0.15, 0.2) is 0 Å². The van der Waals surface area contributed by atoms with Gasteiger partial charge in [-0.25, -0.2) is 9.78 Å². The minimum Gasteiger partial charge on any atom is -0.497 e. The molecule has 0 spiro atoms. The summed E-state index contributed by atoms with van der Waals surface area (Å²) < 4.78 is 10.8. The summed E-state index contributed by atoms with van der Waals surface area (Å²) in [7, 11) is 1.60. The average molecular weight is 405 g/mol. The van der Waals surface area contributed by atoms with E-state index in [0.29, 0.717) is 11.4 Å². The van der Waals surface area contributed by atoms with Gasteiger partial charge >= 0.3 is 6.09 Å². The van der Waals surface area contributed by atoms with E-state index in [0.717, 1.165) is 11.3 Å². The molecule has 7 heteroatoms. The van der Waals surface area contributed by atoms with Crippen LogP contribution in [0.3, 0.4) is 0 Å². The van der Waals surface area contributed by atoms with E-state index in [1.54, 1.807) is 29.7 Å². The van der Waals surface area contributed by atoms with Crippen LogP contribution < -0.4 is 4.74 Å². The zero-order valence-electron chi connectivity index (χ0n) is 16.8. The van der Waals surface area contributed by atoms with Gasteiger partial charge in [-0.2, -0.15) is 0 Å². The van der Waals surface area contributed by atoms with Gasteiger partial charge in [-0.1, -0.05) is 18.2 Å². The Kier molecular flexibility index (Phi) is 7.60. The fraction of sp³-hybridized carbons (Fsp3) is 0.429. The normalized spacial score (nSPS) is 13.5. The molecule has 0 radical (unpaired) electrons. The van der Waals surface area contributed by atoms with Crippen molar-refractivity contribution in [2.24, 2.45) is 0 Å². The smallest absolute Gasteiger partial charge is 0.410 e. The van der Waals surface area contributed by atoms with Crippen LogP contribution in [0.15, 0.2) is 48.5 Å². The molecule has 0 unspecified atom stereocenters. The molecule has 1 amide bonds. The number of benzene rings is 1. The Morgan fingerprint density at radius 2 is 2.04 bits per heavy atom. The Bertz CT molecular complexity index is 754. The van der Waals surface area contributed by atoms with E-state index < -0.39 is 23.8 Å². The Balaban J connectivity index is 2.35. The maximum absolute atomic E-state index is 13.0. The van der Waals surface area contributed by atoms with Gasteiger partial charge in [0, 0.05) is 18.1 Å². The van der Waals surface area contributed by atoms with E-state index in [9.17, 15) is 9.90 Å². The van der Waals surface area contributed by atoms with Crippen LogP contribution in [0, 0.1) is 0 Å². The number of methoxy groups -OCH3 is 1. The molecule has 2 atom stereocenters. The Morgan fingerprint density at radius 1 is 1.36 bits per heavy atom. The third-order valence-corrected chi connectivity index (χ3v) is 4.86. The lowest BCUT2D eigenvalue weighted by Gasteiger charge is -2.35. The molecule has 0 saturated heterocycles. The molecule has 0 fully saturated rings. The second-order valence-corrected chi connectivity index (χ2v) is 8.29. The number of aromatic nitrogens is 1. The molecule has 1 aromatic heterocycles. The van der Waals surface area contributed by atoms with Crippen LogP contribution in [0.2, 0.25) is 0 Å². The first-order chi connectivity index (χ1) is 13.2. The van der Waals surface area contributed by atoms with Crippen LogP contribution in [0.1, 0.15) is 43.9 Å². The minimum atomic E-state index is -0.941. The number of amides is 1. The van der Waals surface area contributed by atoms with Gasteiger partial charge in [-0.15, -0.1) is 17.9 Å². The van der Waals surface area contributed by atoms with E-state index >= 15 is 0 Å². The fourth-order valence-corrected chi connectivity index (χ4v) is 3.39. The van der Waals surface area contributed by atoms with Crippen LogP contribution in [0.5, 0.6) is 5.75 Å². The molecular formula is C21H28N2O4S. The summed E-state index contributed by atoms with van der Waals surface area (Å²) in [6.07, 6.45) is 2.29. The van der Waals surface area contributed by atoms with Gasteiger partial charge in [-0.3, -0.25) is 4.90 Å². The van der Waals surface area contributed by atoms with E-state index in [4.69, 9.17) is 9.47 Å². The van der Waals surface area contributed by atoms with Crippen molar-refractivity contribution in [3.8, 4) is 5.75 Å². The zero-order chi connectivity index (χ0) is 20.7. The Hall–Kier alpha value is -2.38. The number of hydrogen-bond donors (Lipinski definition) is 1. The van der Waals surface area contributed by atoms with Crippen LogP contribution >= 0.6 is 11.3 Å². The SMILES string of the molecule is C=CC[C@H]([C@H](O)c1nccs1)N(Cc1ccc(OC)cc1)C(=O)OC(C)(C)C. The van der Waals surface area contributed by atoms with Crippen molar-refractivity contribution in [2.75, 3.05) is 7.11 Å². The molecule has 0 bridgehead atoms. The van der Waals surface area contributed by atoms with Gasteiger partial charge in [0.25, 0.3) is 0 Å². The van der Waals surface area contributed by atoms with Crippen molar-refractivity contribution >= 4 is 17.4 Å². The quantitative estimate of drug-likeness (QED) is 0.653. The van der Waals surface area contributed by atoms with E-state index in [1.165, 1.54) is 11.3 Å². The van der Waals surface area contributed by atoms with Crippen LogP contribution in [0.4, 0.5) is 4.79 Å². The third kappa shape index (κ3) is 6.07. The first-order valence-electron chi connectivity index (χ1n) is 9.06. The Morgan fingerprint density at radius 3 is 2.54 bits per heavy atom. The summed E-state index contributed by atoms with van der Waals surface area (Å²) >= 11 is 1.35. The topological polar surface area (TPSA) is 71.9 Å². The molecule has 0 saturated carbocycles. The second-order valence-electron chi connectivity index (χ2n) is 7.36. The number of aliphatic hydroxyl groups excluding tert-OH is 1. The number of nitrogens with zero attached hydrogens (tertiary/aromatic N) is 2. The molecule has 0 aliphatic heterocycles. The van der Waals surface area contributed by atoms with Crippen LogP contribution in [-0.2, 0) is 11.3 Å². The molecule has 2 aromatic rings. The fourth-order valence-electron chi connectivity index (χ4n) is 2.71. The first kappa shape index (κ1) is 21.9. The molecule has 2 rings (SSSR count). The number of aliphatic hydroxyl groups is 1. The molecule has 1 heterocycles. The predicted molar refractivity (Wildman–Crippen MR) is 110 cm³/mol. The summed E-state index contributed by atoms with van der Waals surface area (Å²) in [6, 6.07) is 6.89. The lowest BCUT2D eigenvalue weighted by Crippen LogP contribution is -2.45. The van der Waals surface area contributed by atoms with Crippen molar-refractivity contribution in [1.82, 2.24) is 9.88 Å². The number of carbonyl (C=O) groups is 1. The number of hydrogen-bond acceptors (Lipinski definition) is 6. The highest BCUT2D eigenvalue weighted by Gasteiger charge is 2.34. The number of ether oxygens (including phenoxy) is 2. The van der Waals surface area contributed by atoms with Crippen LogP contribution in [0.25, 0.3) is 0 Å². The molecule has 6 nitrogen and oxygen atoms in total. The van der Waals surface area contributed by atoms with E-state index in [-0.39, 0.29) is 6.54 Å². The third-order valence-electron chi connectivity index (χ3n) is 4.02. The van der Waals surface area contributed by atoms with E-state index in [2.05, 4.69) is 11.6 Å². The maximum atomic E-state index is 13.0. The highest BCUT2D eigenvalue weighted by molar-refractivity contribution is 7.09. The van der Waals surface area contributed by atoms with Gasteiger partial charge in [0.2, 0.25) is 0 Å². The van der Waals surface area contributed by atoms with Crippen molar-refractivity contribution < 1.29 is 19.4 Å². The zero-order valence-corrected chi connectivity index (χ0v) is 17.6. The second kappa shape index (κ2) is 9.71. The first-order valence-corrected chi connectivity index (χ1v) is 9.94. The molecule has 1 aromatic carbocycles. The van der Waals surface area contributed by atoms with Crippen molar-refractivity contribution in [1.29, 1.82) is 0 Å². The maximum Gasteiger partial charge on any atom is 0.410 e. The van der Waals surface area contributed by atoms with Gasteiger partial charge < -0.3 is 14.6 Å². The summed E-state index contributed by atoms with van der Waals surface area (Å²) in [5, 5.41) is 13.3. The predicted octanol–water partition coefficient (Wildman–Crippen LogP) is 4.57. The molecule has 0 aliphatic rings. The highest BCUT2D eigenvalue weighted by Crippen LogP contribution is 2.28. The van der Waals surface area contributed by atoms with E-state index in [1.807, 2.05) is 45.0 Å². The van der Waals surface area contributed by atoms with Crippen LogP contribution in [-0.4, -0.2) is 39.8 Å². The monoisotopic (exact) mass is 404 g/mol. The molecule has 152 valence electrons. The lowest BCUT2D eigenvalue weighted by atomic mass is 10.0. The number of carbonyl (C=O) groups excluding carboxylic acids is 1. The average Bonchev–Trinajstić information content (AvgIpc) is 3.18. The number of rotatable bonds is 8. The van der Waals surface area contributed by atoms with Gasteiger partial charge in [0.05, 0.1) is 13.2 Å².